The summed E-state index contributed by atoms with van der Waals surface area (Å²) in [5, 5.41) is 16.9. The molecule has 2 aromatic heterocycles. The molecule has 5 N–H and O–H groups in total. The van der Waals surface area contributed by atoms with Gasteiger partial charge in [0.15, 0.2) is 0 Å². The van der Waals surface area contributed by atoms with Gasteiger partial charge in [0.25, 0.3) is 0 Å². The zero-order valence-electron chi connectivity index (χ0n) is 13.2. The number of nitrogens with one attached hydrogen (secondary N) is 3. The summed E-state index contributed by atoms with van der Waals surface area (Å²) in [6, 6.07) is 6.95. The Morgan fingerprint density at radius 1 is 1.28 bits per heavy atom. The molecule has 0 radical (unpaired) electrons. The predicted octanol–water partition coefficient (Wildman–Crippen LogP) is 2.70. The minimum absolute atomic E-state index is 0.323. The minimum Gasteiger partial charge on any atom is -0.398 e. The molecule has 3 rings (SSSR count). The SMILES string of the molecule is N=Cc1c(N)cccc1NC(=O)/C=C/c1cnccc1-c1cn[nH]c1. The number of aromatic amines is 1. The third-order valence-corrected chi connectivity index (χ3v) is 3.62. The number of hydrogen-bond acceptors (Lipinski definition) is 5. The first-order valence-corrected chi connectivity index (χ1v) is 7.50. The van der Waals surface area contributed by atoms with E-state index in [-0.39, 0.29) is 5.91 Å². The number of aromatic nitrogens is 3. The molecule has 0 spiro atoms. The summed E-state index contributed by atoms with van der Waals surface area (Å²) >= 11 is 0. The molecule has 2 heterocycles. The number of anilines is 2. The van der Waals surface area contributed by atoms with Gasteiger partial charge >= 0.3 is 0 Å². The number of nitrogens with two attached hydrogens (primary N) is 1. The molecule has 0 aliphatic carbocycles. The van der Waals surface area contributed by atoms with Gasteiger partial charge in [-0.2, -0.15) is 5.10 Å². The largest absolute Gasteiger partial charge is 0.398 e. The third-order valence-electron chi connectivity index (χ3n) is 3.62. The van der Waals surface area contributed by atoms with Gasteiger partial charge in [-0.15, -0.1) is 0 Å². The normalized spacial score (nSPS) is 10.7. The number of pyridine rings is 1. The van der Waals surface area contributed by atoms with Crippen LogP contribution in [-0.4, -0.2) is 27.3 Å². The first-order chi connectivity index (χ1) is 12.2. The number of carbonyl (C=O) groups is 1. The van der Waals surface area contributed by atoms with Crippen LogP contribution < -0.4 is 11.1 Å². The number of hydrogen-bond donors (Lipinski definition) is 4. The Morgan fingerprint density at radius 3 is 2.92 bits per heavy atom. The third kappa shape index (κ3) is 3.61. The van der Waals surface area contributed by atoms with Crippen molar-refractivity contribution in [1.29, 1.82) is 5.41 Å². The lowest BCUT2D eigenvalue weighted by molar-refractivity contribution is -0.111. The Kier molecular flexibility index (Phi) is 4.66. The zero-order valence-corrected chi connectivity index (χ0v) is 13.2. The number of rotatable bonds is 5. The fourth-order valence-corrected chi connectivity index (χ4v) is 2.39. The standard InChI is InChI=1S/C18H16N6O/c19-8-15-16(20)2-1-3-17(15)24-18(25)5-4-12-9-21-7-6-14(12)13-10-22-23-11-13/h1-11,19H,20H2,(H,22,23)(H,24,25)/b5-4+,19-8?. The highest BCUT2D eigenvalue weighted by atomic mass is 16.1. The van der Waals surface area contributed by atoms with Gasteiger partial charge in [-0.1, -0.05) is 6.07 Å². The molecule has 1 aromatic carbocycles. The monoisotopic (exact) mass is 332 g/mol. The van der Waals surface area contributed by atoms with E-state index in [0.717, 1.165) is 22.9 Å². The second kappa shape index (κ2) is 7.22. The van der Waals surface area contributed by atoms with E-state index >= 15 is 0 Å². The van der Waals surface area contributed by atoms with Gasteiger partial charge in [-0.3, -0.25) is 14.9 Å². The van der Waals surface area contributed by atoms with Crippen molar-refractivity contribution in [2.75, 3.05) is 11.1 Å². The van der Waals surface area contributed by atoms with Crippen LogP contribution in [0.2, 0.25) is 0 Å². The fraction of sp³-hybridized carbons (Fsp3) is 0. The lowest BCUT2D eigenvalue weighted by Crippen LogP contribution is -2.10. The molecule has 3 aromatic rings. The summed E-state index contributed by atoms with van der Waals surface area (Å²) in [6.45, 7) is 0. The van der Waals surface area contributed by atoms with E-state index < -0.39 is 0 Å². The maximum Gasteiger partial charge on any atom is 0.248 e. The Balaban J connectivity index is 1.81. The van der Waals surface area contributed by atoms with E-state index in [2.05, 4.69) is 20.5 Å². The summed E-state index contributed by atoms with van der Waals surface area (Å²) in [5.74, 6) is -0.323. The van der Waals surface area contributed by atoms with E-state index in [1.165, 1.54) is 6.08 Å². The Hall–Kier alpha value is -3.74. The zero-order chi connectivity index (χ0) is 17.6. The molecule has 0 aliphatic rings. The van der Waals surface area contributed by atoms with Crippen LogP contribution in [0, 0.1) is 5.41 Å². The quantitative estimate of drug-likeness (QED) is 0.326. The molecule has 0 aliphatic heterocycles. The van der Waals surface area contributed by atoms with Crippen molar-refractivity contribution >= 4 is 29.6 Å². The molecule has 0 atom stereocenters. The van der Waals surface area contributed by atoms with Gasteiger partial charge in [-0.25, -0.2) is 0 Å². The van der Waals surface area contributed by atoms with E-state index in [4.69, 9.17) is 11.1 Å². The number of amides is 1. The molecule has 25 heavy (non-hydrogen) atoms. The fourth-order valence-electron chi connectivity index (χ4n) is 2.39. The number of benzene rings is 1. The summed E-state index contributed by atoms with van der Waals surface area (Å²) in [7, 11) is 0. The first kappa shape index (κ1) is 16.1. The van der Waals surface area contributed by atoms with Crippen LogP contribution in [-0.2, 0) is 4.79 Å². The molecule has 7 heteroatoms. The lowest BCUT2D eigenvalue weighted by atomic mass is 10.0. The van der Waals surface area contributed by atoms with E-state index in [1.54, 1.807) is 49.1 Å². The van der Waals surface area contributed by atoms with Crippen molar-refractivity contribution < 1.29 is 4.79 Å². The molecule has 0 unspecified atom stereocenters. The number of nitrogen functional groups attached to an aromatic ring is 1. The second-order valence-corrected chi connectivity index (χ2v) is 5.23. The average Bonchev–Trinajstić information content (AvgIpc) is 3.15. The lowest BCUT2D eigenvalue weighted by Gasteiger charge is -2.08. The van der Waals surface area contributed by atoms with Crippen molar-refractivity contribution in [3.05, 3.63) is 66.3 Å². The Morgan fingerprint density at radius 2 is 2.16 bits per heavy atom. The van der Waals surface area contributed by atoms with Crippen molar-refractivity contribution in [1.82, 2.24) is 15.2 Å². The van der Waals surface area contributed by atoms with Crippen LogP contribution in [0.5, 0.6) is 0 Å². The molecule has 0 saturated carbocycles. The van der Waals surface area contributed by atoms with E-state index in [1.807, 2.05) is 6.07 Å². The minimum atomic E-state index is -0.323. The highest BCUT2D eigenvalue weighted by Crippen LogP contribution is 2.23. The molecule has 124 valence electrons. The molecular weight excluding hydrogens is 316 g/mol. The Bertz CT molecular complexity index is 930. The van der Waals surface area contributed by atoms with Gasteiger partial charge in [0.05, 0.1) is 11.9 Å². The van der Waals surface area contributed by atoms with Crippen molar-refractivity contribution in [3.63, 3.8) is 0 Å². The van der Waals surface area contributed by atoms with Crippen molar-refractivity contribution in [2.45, 2.75) is 0 Å². The highest BCUT2D eigenvalue weighted by Gasteiger charge is 2.07. The molecule has 1 amide bonds. The molecular formula is C18H16N6O. The molecule has 0 fully saturated rings. The molecule has 0 bridgehead atoms. The van der Waals surface area contributed by atoms with Crippen molar-refractivity contribution in [2.24, 2.45) is 0 Å². The van der Waals surface area contributed by atoms with Gasteiger partial charge < -0.3 is 16.5 Å². The van der Waals surface area contributed by atoms with E-state index in [9.17, 15) is 4.79 Å². The molecule has 7 nitrogen and oxygen atoms in total. The van der Waals surface area contributed by atoms with Gasteiger partial charge in [0, 0.05) is 53.3 Å². The summed E-state index contributed by atoms with van der Waals surface area (Å²) in [4.78, 5) is 16.3. The van der Waals surface area contributed by atoms with Crippen LogP contribution in [0.1, 0.15) is 11.1 Å². The number of nitrogens with zero attached hydrogens (tertiary/aromatic N) is 2. The average molecular weight is 332 g/mol. The van der Waals surface area contributed by atoms with Crippen LogP contribution >= 0.6 is 0 Å². The van der Waals surface area contributed by atoms with Crippen molar-refractivity contribution in [3.8, 4) is 11.1 Å². The van der Waals surface area contributed by atoms with Gasteiger partial charge in [0.2, 0.25) is 5.91 Å². The van der Waals surface area contributed by atoms with Crippen LogP contribution in [0.4, 0.5) is 11.4 Å². The topological polar surface area (TPSA) is 121 Å². The molecule has 0 saturated heterocycles. The van der Waals surface area contributed by atoms with Gasteiger partial charge in [0.1, 0.15) is 0 Å². The van der Waals surface area contributed by atoms with Crippen LogP contribution in [0.3, 0.4) is 0 Å². The number of H-pyrrole nitrogens is 1. The maximum atomic E-state index is 12.2. The highest BCUT2D eigenvalue weighted by molar-refractivity contribution is 6.06. The first-order valence-electron chi connectivity index (χ1n) is 7.50. The second-order valence-electron chi connectivity index (χ2n) is 5.23. The predicted molar refractivity (Wildman–Crippen MR) is 98.2 cm³/mol. The maximum absolute atomic E-state index is 12.2. The van der Waals surface area contributed by atoms with Crippen LogP contribution in [0.25, 0.3) is 17.2 Å². The van der Waals surface area contributed by atoms with E-state index in [0.29, 0.717) is 16.9 Å². The summed E-state index contributed by atoms with van der Waals surface area (Å²) in [6.07, 6.45) is 11.1. The summed E-state index contributed by atoms with van der Waals surface area (Å²) < 4.78 is 0. The number of carbonyl (C=O) groups excluding carboxylic acids is 1. The van der Waals surface area contributed by atoms with Crippen LogP contribution in [0.15, 0.2) is 55.1 Å². The summed E-state index contributed by atoms with van der Waals surface area (Å²) in [5.41, 5.74) is 9.82. The smallest absolute Gasteiger partial charge is 0.248 e. The Labute approximate surface area is 144 Å². The van der Waals surface area contributed by atoms with Gasteiger partial charge in [-0.05, 0) is 29.8 Å².